The predicted octanol–water partition coefficient (Wildman–Crippen LogP) is 3.45. The van der Waals surface area contributed by atoms with Crippen LogP contribution in [0.25, 0.3) is 11.3 Å². The fraction of sp³-hybridized carbons (Fsp3) is 0.350. The van der Waals surface area contributed by atoms with Crippen LogP contribution in [0.4, 0.5) is 0 Å². The van der Waals surface area contributed by atoms with Crippen LogP contribution in [0.1, 0.15) is 11.6 Å². The van der Waals surface area contributed by atoms with Crippen LogP contribution in [-0.4, -0.2) is 27.5 Å². The van der Waals surface area contributed by atoms with Gasteiger partial charge in [-0.05, 0) is 29.5 Å². The van der Waals surface area contributed by atoms with Crippen molar-refractivity contribution in [3.63, 3.8) is 0 Å². The molecule has 2 aromatic heterocycles. The molecule has 0 amide bonds. The van der Waals surface area contributed by atoms with Crippen LogP contribution in [0.3, 0.4) is 0 Å². The molecule has 0 saturated carbocycles. The third kappa shape index (κ3) is 2.38. The molecule has 1 saturated heterocycles. The van der Waals surface area contributed by atoms with Gasteiger partial charge >= 0.3 is 0 Å². The zero-order chi connectivity index (χ0) is 15.9. The van der Waals surface area contributed by atoms with E-state index in [0.717, 1.165) is 44.3 Å². The van der Waals surface area contributed by atoms with Gasteiger partial charge < -0.3 is 8.98 Å². The summed E-state index contributed by atoms with van der Waals surface area (Å²) in [4.78, 5) is 7.25. The van der Waals surface area contributed by atoms with Gasteiger partial charge in [0.05, 0.1) is 24.7 Å². The Labute approximate surface area is 141 Å². The minimum absolute atomic E-state index is 0.712. The maximum atomic E-state index is 5.51. The van der Waals surface area contributed by atoms with E-state index >= 15 is 0 Å². The maximum Gasteiger partial charge on any atom is 0.117 e. The lowest BCUT2D eigenvalue weighted by Crippen LogP contribution is -2.28. The lowest BCUT2D eigenvalue weighted by molar-refractivity contribution is 0.282. The monoisotopic (exact) mass is 319 g/mol. The number of furan rings is 1. The number of fused-ring (bicyclic) bond motifs is 2. The summed E-state index contributed by atoms with van der Waals surface area (Å²) < 4.78 is 7.95. The van der Waals surface area contributed by atoms with Crippen LogP contribution in [0.5, 0.6) is 0 Å². The summed E-state index contributed by atoms with van der Waals surface area (Å²) in [5.74, 6) is 3.74. The normalized spacial score (nSPS) is 23.2. The van der Waals surface area contributed by atoms with E-state index in [0.29, 0.717) is 5.92 Å². The molecule has 2 aliphatic heterocycles. The molecule has 3 aromatic rings. The summed E-state index contributed by atoms with van der Waals surface area (Å²) in [5, 5.41) is 0. The van der Waals surface area contributed by atoms with Crippen LogP contribution in [0.15, 0.2) is 59.3 Å². The standard InChI is InChI=1S/C20H21N3O/c1-2-5-15(6-3-1)19-10-21-20-9-16-11-22(12-17(16)13-23(19)20)14-18-7-4-8-24-18/h1-8,10,16-17H,9,11-14H2/t16-,17+/m0/s1. The van der Waals surface area contributed by atoms with Gasteiger partial charge in [0.25, 0.3) is 0 Å². The molecule has 4 nitrogen and oxygen atoms in total. The molecule has 0 radical (unpaired) electrons. The second-order valence-electron chi connectivity index (χ2n) is 7.03. The van der Waals surface area contributed by atoms with Gasteiger partial charge in [0.15, 0.2) is 0 Å². The molecule has 1 fully saturated rings. The first kappa shape index (κ1) is 14.1. The topological polar surface area (TPSA) is 34.2 Å². The minimum atomic E-state index is 0.712. The number of aromatic nitrogens is 2. The number of rotatable bonds is 3. The van der Waals surface area contributed by atoms with E-state index in [1.54, 1.807) is 6.26 Å². The fourth-order valence-electron chi connectivity index (χ4n) is 4.32. The molecule has 0 bridgehead atoms. The second-order valence-corrected chi connectivity index (χ2v) is 7.03. The second kappa shape index (κ2) is 5.64. The van der Waals surface area contributed by atoms with Crippen molar-refractivity contribution >= 4 is 0 Å². The molecule has 0 N–H and O–H groups in total. The first-order valence-corrected chi connectivity index (χ1v) is 8.71. The van der Waals surface area contributed by atoms with Crippen LogP contribution in [-0.2, 0) is 19.5 Å². The molecule has 5 rings (SSSR count). The van der Waals surface area contributed by atoms with Crippen molar-refractivity contribution in [2.45, 2.75) is 19.5 Å². The highest BCUT2D eigenvalue weighted by molar-refractivity contribution is 5.59. The van der Waals surface area contributed by atoms with Crippen molar-refractivity contribution in [1.29, 1.82) is 0 Å². The summed E-state index contributed by atoms with van der Waals surface area (Å²) >= 11 is 0. The van der Waals surface area contributed by atoms with E-state index < -0.39 is 0 Å². The van der Waals surface area contributed by atoms with E-state index in [1.165, 1.54) is 17.1 Å². The van der Waals surface area contributed by atoms with Gasteiger partial charge in [0.2, 0.25) is 0 Å². The Morgan fingerprint density at radius 3 is 2.71 bits per heavy atom. The Hall–Kier alpha value is -2.33. The Kier molecular flexibility index (Phi) is 3.30. The average molecular weight is 319 g/mol. The molecule has 4 heterocycles. The first-order chi connectivity index (χ1) is 11.9. The number of imidazole rings is 1. The Morgan fingerprint density at radius 1 is 1.00 bits per heavy atom. The van der Waals surface area contributed by atoms with Crippen LogP contribution < -0.4 is 0 Å². The number of hydrogen-bond acceptors (Lipinski definition) is 3. The molecule has 0 aliphatic carbocycles. The summed E-state index contributed by atoms with van der Waals surface area (Å²) in [6.45, 7) is 4.31. The fourth-order valence-corrected chi connectivity index (χ4v) is 4.32. The Bertz CT molecular complexity index is 822. The predicted molar refractivity (Wildman–Crippen MR) is 92.3 cm³/mol. The molecular formula is C20H21N3O. The zero-order valence-electron chi connectivity index (χ0n) is 13.6. The van der Waals surface area contributed by atoms with E-state index in [4.69, 9.17) is 9.40 Å². The van der Waals surface area contributed by atoms with Crippen molar-refractivity contribution in [2.75, 3.05) is 13.1 Å². The summed E-state index contributed by atoms with van der Waals surface area (Å²) in [5.41, 5.74) is 2.52. The van der Waals surface area contributed by atoms with Gasteiger partial charge in [-0.3, -0.25) is 4.90 Å². The number of likely N-dealkylation sites (tertiary alicyclic amines) is 1. The van der Waals surface area contributed by atoms with E-state index in [1.807, 2.05) is 12.3 Å². The summed E-state index contributed by atoms with van der Waals surface area (Å²) in [7, 11) is 0. The molecule has 4 heteroatoms. The molecule has 2 atom stereocenters. The van der Waals surface area contributed by atoms with E-state index in [9.17, 15) is 0 Å². The van der Waals surface area contributed by atoms with Crippen LogP contribution >= 0.6 is 0 Å². The number of hydrogen-bond donors (Lipinski definition) is 0. The van der Waals surface area contributed by atoms with Crippen molar-refractivity contribution < 1.29 is 4.42 Å². The molecule has 2 aliphatic rings. The van der Waals surface area contributed by atoms with Gasteiger partial charge in [-0.1, -0.05) is 30.3 Å². The van der Waals surface area contributed by atoms with E-state index in [-0.39, 0.29) is 0 Å². The maximum absolute atomic E-state index is 5.51. The highest BCUT2D eigenvalue weighted by Gasteiger charge is 2.38. The smallest absolute Gasteiger partial charge is 0.117 e. The van der Waals surface area contributed by atoms with Gasteiger partial charge in [-0.25, -0.2) is 4.98 Å². The lowest BCUT2D eigenvalue weighted by atomic mass is 9.89. The Balaban J connectivity index is 1.37. The third-order valence-corrected chi connectivity index (χ3v) is 5.48. The molecule has 0 spiro atoms. The number of nitrogens with zero attached hydrogens (tertiary/aromatic N) is 3. The zero-order valence-corrected chi connectivity index (χ0v) is 13.6. The van der Waals surface area contributed by atoms with Crippen LogP contribution in [0.2, 0.25) is 0 Å². The molecule has 0 unspecified atom stereocenters. The summed E-state index contributed by atoms with van der Waals surface area (Å²) in [6, 6.07) is 14.7. The molecule has 24 heavy (non-hydrogen) atoms. The van der Waals surface area contributed by atoms with Gasteiger partial charge in [0, 0.05) is 26.1 Å². The Morgan fingerprint density at radius 2 is 1.88 bits per heavy atom. The minimum Gasteiger partial charge on any atom is -0.468 e. The molecular weight excluding hydrogens is 298 g/mol. The van der Waals surface area contributed by atoms with E-state index in [2.05, 4.69) is 45.9 Å². The first-order valence-electron chi connectivity index (χ1n) is 8.71. The highest BCUT2D eigenvalue weighted by atomic mass is 16.3. The summed E-state index contributed by atoms with van der Waals surface area (Å²) in [6.07, 6.45) is 4.90. The van der Waals surface area contributed by atoms with Crippen molar-refractivity contribution in [3.8, 4) is 11.3 Å². The SMILES string of the molecule is c1ccc(-c2cnc3n2C[C@H]2CN(Cc4ccco4)C[C@@H]2C3)cc1. The average Bonchev–Trinajstić information content (AvgIpc) is 3.32. The largest absolute Gasteiger partial charge is 0.468 e. The van der Waals surface area contributed by atoms with Gasteiger partial charge in [-0.15, -0.1) is 0 Å². The number of benzene rings is 1. The van der Waals surface area contributed by atoms with Crippen molar-refractivity contribution in [1.82, 2.24) is 14.5 Å². The van der Waals surface area contributed by atoms with Crippen molar-refractivity contribution in [2.24, 2.45) is 11.8 Å². The third-order valence-electron chi connectivity index (χ3n) is 5.48. The van der Waals surface area contributed by atoms with Crippen LogP contribution in [0, 0.1) is 11.8 Å². The van der Waals surface area contributed by atoms with Crippen molar-refractivity contribution in [3.05, 3.63) is 66.5 Å². The molecule has 122 valence electrons. The van der Waals surface area contributed by atoms with Gasteiger partial charge in [-0.2, -0.15) is 0 Å². The quantitative estimate of drug-likeness (QED) is 0.741. The molecule has 1 aromatic carbocycles. The van der Waals surface area contributed by atoms with Gasteiger partial charge in [0.1, 0.15) is 11.6 Å². The highest BCUT2D eigenvalue weighted by Crippen LogP contribution is 2.35. The lowest BCUT2D eigenvalue weighted by Gasteiger charge is -2.27.